The Morgan fingerprint density at radius 3 is 2.88 bits per heavy atom. The third-order valence-electron chi connectivity index (χ3n) is 4.79. The van der Waals surface area contributed by atoms with E-state index < -0.39 is 0 Å². The van der Waals surface area contributed by atoms with E-state index in [0.29, 0.717) is 17.6 Å². The Kier molecular flexibility index (Phi) is 2.81. The third-order valence-corrected chi connectivity index (χ3v) is 4.79. The number of ketones is 1. The molecular formula is C15H22O. The topological polar surface area (TPSA) is 17.1 Å². The molecule has 0 N–H and O–H groups in total. The summed E-state index contributed by atoms with van der Waals surface area (Å²) in [6, 6.07) is 0. The first-order valence-corrected chi connectivity index (χ1v) is 6.33. The van der Waals surface area contributed by atoms with Crippen molar-refractivity contribution in [1.29, 1.82) is 0 Å². The molecule has 0 spiro atoms. The molecule has 88 valence electrons. The van der Waals surface area contributed by atoms with Crippen LogP contribution < -0.4 is 0 Å². The van der Waals surface area contributed by atoms with E-state index in [4.69, 9.17) is 0 Å². The molecule has 0 saturated heterocycles. The molecule has 0 heterocycles. The highest BCUT2D eigenvalue weighted by molar-refractivity contribution is 5.92. The Bertz CT molecular complexity index is 364. The van der Waals surface area contributed by atoms with Gasteiger partial charge >= 0.3 is 0 Å². The van der Waals surface area contributed by atoms with E-state index in [1.807, 2.05) is 6.08 Å². The van der Waals surface area contributed by atoms with Gasteiger partial charge in [0.15, 0.2) is 5.78 Å². The minimum Gasteiger partial charge on any atom is -0.295 e. The molecule has 0 aliphatic heterocycles. The normalized spacial score (nSPS) is 38.9. The average molecular weight is 218 g/mol. The van der Waals surface area contributed by atoms with Crippen LogP contribution in [0.2, 0.25) is 0 Å². The zero-order valence-electron chi connectivity index (χ0n) is 10.7. The zero-order valence-corrected chi connectivity index (χ0v) is 10.7. The van der Waals surface area contributed by atoms with Crippen molar-refractivity contribution < 1.29 is 4.79 Å². The van der Waals surface area contributed by atoms with Gasteiger partial charge in [-0.05, 0) is 49.5 Å². The first kappa shape index (κ1) is 11.6. The number of carbonyl (C=O) groups excluding carboxylic acids is 1. The summed E-state index contributed by atoms with van der Waals surface area (Å²) in [7, 11) is 0. The van der Waals surface area contributed by atoms with E-state index in [1.165, 1.54) is 24.0 Å². The van der Waals surface area contributed by atoms with Gasteiger partial charge in [-0.15, -0.1) is 0 Å². The van der Waals surface area contributed by atoms with E-state index in [9.17, 15) is 4.79 Å². The molecule has 2 aliphatic carbocycles. The van der Waals surface area contributed by atoms with Gasteiger partial charge in [-0.2, -0.15) is 0 Å². The predicted molar refractivity (Wildman–Crippen MR) is 67.1 cm³/mol. The highest BCUT2D eigenvalue weighted by atomic mass is 16.1. The molecule has 1 heteroatoms. The van der Waals surface area contributed by atoms with Crippen molar-refractivity contribution in [3.05, 3.63) is 23.8 Å². The lowest BCUT2D eigenvalue weighted by Gasteiger charge is -2.47. The van der Waals surface area contributed by atoms with Crippen LogP contribution in [-0.2, 0) is 4.79 Å². The van der Waals surface area contributed by atoms with Gasteiger partial charge in [0.25, 0.3) is 0 Å². The van der Waals surface area contributed by atoms with Gasteiger partial charge in [-0.25, -0.2) is 0 Å². The van der Waals surface area contributed by atoms with E-state index in [1.54, 1.807) is 0 Å². The fraction of sp³-hybridized carbons (Fsp3) is 0.667. The minimum atomic E-state index is 0.246. The molecular weight excluding hydrogens is 196 g/mol. The van der Waals surface area contributed by atoms with Crippen molar-refractivity contribution in [2.45, 2.75) is 46.5 Å². The van der Waals surface area contributed by atoms with E-state index in [2.05, 4.69) is 27.4 Å². The molecule has 1 nitrogen and oxygen atoms in total. The van der Waals surface area contributed by atoms with Crippen LogP contribution >= 0.6 is 0 Å². The molecule has 3 atom stereocenters. The highest BCUT2D eigenvalue weighted by Gasteiger charge is 2.43. The van der Waals surface area contributed by atoms with Gasteiger partial charge in [-0.1, -0.05) is 31.6 Å². The van der Waals surface area contributed by atoms with Crippen LogP contribution in [0.25, 0.3) is 0 Å². The van der Waals surface area contributed by atoms with Gasteiger partial charge < -0.3 is 0 Å². The minimum absolute atomic E-state index is 0.246. The van der Waals surface area contributed by atoms with E-state index >= 15 is 0 Å². The second-order valence-corrected chi connectivity index (χ2v) is 5.94. The second-order valence-electron chi connectivity index (χ2n) is 5.94. The summed E-state index contributed by atoms with van der Waals surface area (Å²) in [6.45, 7) is 10.8. The highest BCUT2D eigenvalue weighted by Crippen LogP contribution is 2.52. The monoisotopic (exact) mass is 218 g/mol. The molecule has 0 aromatic heterocycles. The lowest BCUT2D eigenvalue weighted by atomic mass is 9.57. The van der Waals surface area contributed by atoms with Gasteiger partial charge in [0.2, 0.25) is 0 Å². The number of rotatable bonds is 1. The summed E-state index contributed by atoms with van der Waals surface area (Å²) < 4.78 is 0. The molecule has 1 fully saturated rings. The largest absolute Gasteiger partial charge is 0.295 e. The number of carbonyl (C=O) groups is 1. The number of hydrogen-bond donors (Lipinski definition) is 0. The first-order chi connectivity index (χ1) is 7.43. The fourth-order valence-corrected chi connectivity index (χ4v) is 3.32. The standard InChI is InChI=1S/C15H22O/c1-10(2)12-5-6-13-8-14(16)7-11(3)15(13,4)9-12/h8,11-12H,1,5-7,9H2,2-4H3/t11-,12+,15-/m0/s1. The van der Waals surface area contributed by atoms with Gasteiger partial charge in [0.05, 0.1) is 0 Å². The maximum atomic E-state index is 11.6. The lowest BCUT2D eigenvalue weighted by molar-refractivity contribution is -0.117. The second kappa shape index (κ2) is 3.87. The maximum Gasteiger partial charge on any atom is 0.155 e. The molecule has 2 rings (SSSR count). The molecule has 0 amide bonds. The molecule has 0 aromatic carbocycles. The van der Waals surface area contributed by atoms with Crippen molar-refractivity contribution in [3.8, 4) is 0 Å². The Morgan fingerprint density at radius 1 is 1.56 bits per heavy atom. The van der Waals surface area contributed by atoms with Crippen LogP contribution in [0.4, 0.5) is 0 Å². The predicted octanol–water partition coefficient (Wildman–Crippen LogP) is 3.90. The quantitative estimate of drug-likeness (QED) is 0.610. The summed E-state index contributed by atoms with van der Waals surface area (Å²) in [5.41, 5.74) is 2.95. The van der Waals surface area contributed by atoms with Gasteiger partial charge in [-0.3, -0.25) is 4.79 Å². The molecule has 0 aromatic rings. The van der Waals surface area contributed by atoms with Crippen LogP contribution in [0.15, 0.2) is 23.8 Å². The Hall–Kier alpha value is -0.850. The first-order valence-electron chi connectivity index (χ1n) is 6.33. The number of fused-ring (bicyclic) bond motifs is 1. The van der Waals surface area contributed by atoms with Crippen molar-refractivity contribution >= 4 is 5.78 Å². The van der Waals surface area contributed by atoms with Crippen LogP contribution in [0.1, 0.15) is 46.5 Å². The Labute approximate surface area is 98.6 Å². The molecule has 0 bridgehead atoms. The van der Waals surface area contributed by atoms with Crippen LogP contribution in [0.5, 0.6) is 0 Å². The molecule has 1 saturated carbocycles. The third kappa shape index (κ3) is 1.77. The smallest absolute Gasteiger partial charge is 0.155 e. The average Bonchev–Trinajstić information content (AvgIpc) is 2.19. The van der Waals surface area contributed by atoms with Crippen molar-refractivity contribution in [2.75, 3.05) is 0 Å². The molecule has 16 heavy (non-hydrogen) atoms. The lowest BCUT2D eigenvalue weighted by Crippen LogP contribution is -2.38. The van der Waals surface area contributed by atoms with Gasteiger partial charge in [0.1, 0.15) is 0 Å². The van der Waals surface area contributed by atoms with Crippen molar-refractivity contribution in [2.24, 2.45) is 17.3 Å². The molecule has 2 aliphatic rings. The molecule has 0 radical (unpaired) electrons. The summed E-state index contributed by atoms with van der Waals surface area (Å²) >= 11 is 0. The SMILES string of the molecule is C=C(C)[C@@H]1CCC2=CC(=O)C[C@H](C)[C@]2(C)C1. The summed E-state index contributed by atoms with van der Waals surface area (Å²) in [5.74, 6) is 1.47. The number of allylic oxidation sites excluding steroid dienone is 3. The Balaban J connectivity index is 2.30. The summed E-state index contributed by atoms with van der Waals surface area (Å²) in [5, 5.41) is 0. The summed E-state index contributed by atoms with van der Waals surface area (Å²) in [6.07, 6.45) is 6.10. The van der Waals surface area contributed by atoms with Crippen molar-refractivity contribution in [1.82, 2.24) is 0 Å². The zero-order chi connectivity index (χ0) is 11.9. The van der Waals surface area contributed by atoms with E-state index in [0.717, 1.165) is 12.8 Å². The fourth-order valence-electron chi connectivity index (χ4n) is 3.32. The number of hydrogen-bond acceptors (Lipinski definition) is 1. The van der Waals surface area contributed by atoms with Crippen molar-refractivity contribution in [3.63, 3.8) is 0 Å². The summed E-state index contributed by atoms with van der Waals surface area (Å²) in [4.78, 5) is 11.6. The molecule has 0 unspecified atom stereocenters. The van der Waals surface area contributed by atoms with Crippen LogP contribution in [0, 0.1) is 17.3 Å². The van der Waals surface area contributed by atoms with Crippen LogP contribution in [0.3, 0.4) is 0 Å². The van der Waals surface area contributed by atoms with E-state index in [-0.39, 0.29) is 5.41 Å². The van der Waals surface area contributed by atoms with Crippen LogP contribution in [-0.4, -0.2) is 5.78 Å². The van der Waals surface area contributed by atoms with Gasteiger partial charge in [0, 0.05) is 6.42 Å². The Morgan fingerprint density at radius 2 is 2.25 bits per heavy atom. The maximum absolute atomic E-state index is 11.6.